The van der Waals surface area contributed by atoms with Crippen LogP contribution in [0.2, 0.25) is 0 Å². The van der Waals surface area contributed by atoms with Crippen molar-refractivity contribution in [3.05, 3.63) is 23.7 Å². The van der Waals surface area contributed by atoms with Crippen LogP contribution in [-0.2, 0) is 11.2 Å². The van der Waals surface area contributed by atoms with Gasteiger partial charge in [0.15, 0.2) is 5.78 Å². The average Bonchev–Trinajstić information content (AvgIpc) is 2.76. The lowest BCUT2D eigenvalue weighted by molar-refractivity contribution is -0.132. The van der Waals surface area contributed by atoms with Crippen LogP contribution in [0.25, 0.3) is 0 Å². The Labute approximate surface area is 102 Å². The summed E-state index contributed by atoms with van der Waals surface area (Å²) in [5.74, 6) is 0.988. The van der Waals surface area contributed by atoms with Gasteiger partial charge in [-0.1, -0.05) is 20.8 Å². The van der Waals surface area contributed by atoms with Gasteiger partial charge in [0.1, 0.15) is 5.76 Å². The van der Waals surface area contributed by atoms with Crippen molar-refractivity contribution in [2.75, 3.05) is 6.61 Å². The number of hydrogen-bond acceptors (Lipinski definition) is 3. The Morgan fingerprint density at radius 3 is 2.94 bits per heavy atom. The minimum atomic E-state index is -0.694. The van der Waals surface area contributed by atoms with Gasteiger partial charge in [0.25, 0.3) is 0 Å². The number of fused-ring (bicyclic) bond motifs is 1. The number of ketones is 1. The number of carbonyl (C=O) groups is 1. The van der Waals surface area contributed by atoms with Crippen molar-refractivity contribution in [1.29, 1.82) is 0 Å². The van der Waals surface area contributed by atoms with E-state index in [0.717, 1.165) is 24.2 Å². The standard InChI is InChI=1S/C14H20O3/c1-9-4-5-10-6-7-17-12(10)11(9)13(16)14(2,3)8-15/h6-7,9,11,15H,4-5,8H2,1-3H3/t9-,11?/m0/s1. The van der Waals surface area contributed by atoms with E-state index in [4.69, 9.17) is 4.42 Å². The van der Waals surface area contributed by atoms with Gasteiger partial charge in [-0.3, -0.25) is 4.79 Å². The third-order valence-electron chi connectivity index (χ3n) is 3.85. The zero-order chi connectivity index (χ0) is 12.6. The molecule has 0 bridgehead atoms. The zero-order valence-electron chi connectivity index (χ0n) is 10.7. The maximum atomic E-state index is 12.5. The number of Topliss-reactive ketones (excluding diaryl/α,β-unsaturated/α-hetero) is 1. The molecule has 2 rings (SSSR count). The van der Waals surface area contributed by atoms with Crippen LogP contribution >= 0.6 is 0 Å². The molecule has 0 radical (unpaired) electrons. The van der Waals surface area contributed by atoms with Crippen LogP contribution in [0.15, 0.2) is 16.7 Å². The van der Waals surface area contributed by atoms with Crippen LogP contribution in [0.3, 0.4) is 0 Å². The molecular formula is C14H20O3. The van der Waals surface area contributed by atoms with E-state index in [1.165, 1.54) is 0 Å². The SMILES string of the molecule is C[C@H]1CCc2ccoc2C1C(=O)C(C)(C)CO. The van der Waals surface area contributed by atoms with Gasteiger partial charge >= 0.3 is 0 Å². The van der Waals surface area contributed by atoms with Crippen molar-refractivity contribution >= 4 is 5.78 Å². The minimum absolute atomic E-state index is 0.0865. The number of aliphatic hydroxyl groups is 1. The molecule has 1 unspecified atom stereocenters. The Kier molecular flexibility index (Phi) is 3.13. The molecule has 2 atom stereocenters. The molecule has 1 aliphatic rings. The largest absolute Gasteiger partial charge is 0.468 e. The van der Waals surface area contributed by atoms with Gasteiger partial charge in [0.2, 0.25) is 0 Å². The first-order valence-electron chi connectivity index (χ1n) is 6.19. The fourth-order valence-corrected chi connectivity index (χ4v) is 2.51. The predicted octanol–water partition coefficient (Wildman–Crippen LogP) is 2.53. The summed E-state index contributed by atoms with van der Waals surface area (Å²) in [4.78, 5) is 12.5. The smallest absolute Gasteiger partial charge is 0.151 e. The molecule has 17 heavy (non-hydrogen) atoms. The van der Waals surface area contributed by atoms with E-state index in [9.17, 15) is 9.90 Å². The van der Waals surface area contributed by atoms with Crippen LogP contribution < -0.4 is 0 Å². The maximum Gasteiger partial charge on any atom is 0.151 e. The fraction of sp³-hybridized carbons (Fsp3) is 0.643. The average molecular weight is 236 g/mol. The Hall–Kier alpha value is -1.09. The summed E-state index contributed by atoms with van der Waals surface area (Å²) in [6, 6.07) is 1.95. The Bertz CT molecular complexity index is 417. The molecule has 3 heteroatoms. The topological polar surface area (TPSA) is 50.4 Å². The fourth-order valence-electron chi connectivity index (χ4n) is 2.51. The molecule has 1 aliphatic carbocycles. The first kappa shape index (κ1) is 12.4. The lowest BCUT2D eigenvalue weighted by Gasteiger charge is -2.32. The van der Waals surface area contributed by atoms with E-state index < -0.39 is 5.41 Å². The summed E-state index contributed by atoms with van der Waals surface area (Å²) in [6.07, 6.45) is 3.65. The highest BCUT2D eigenvalue weighted by Gasteiger charge is 2.41. The number of aliphatic hydroxyl groups excluding tert-OH is 1. The molecule has 94 valence electrons. The summed E-state index contributed by atoms with van der Waals surface area (Å²) in [6.45, 7) is 5.55. The second kappa shape index (κ2) is 4.30. The molecular weight excluding hydrogens is 216 g/mol. The lowest BCUT2D eigenvalue weighted by Crippen LogP contribution is -2.37. The van der Waals surface area contributed by atoms with Gasteiger partial charge in [-0.25, -0.2) is 0 Å². The van der Waals surface area contributed by atoms with Crippen molar-refractivity contribution in [1.82, 2.24) is 0 Å². The van der Waals surface area contributed by atoms with Crippen LogP contribution in [0.1, 0.15) is 44.4 Å². The zero-order valence-corrected chi connectivity index (χ0v) is 10.7. The molecule has 1 aromatic rings. The van der Waals surface area contributed by atoms with Crippen LogP contribution in [-0.4, -0.2) is 17.5 Å². The molecule has 0 saturated carbocycles. The Morgan fingerprint density at radius 1 is 1.59 bits per heavy atom. The van der Waals surface area contributed by atoms with Crippen LogP contribution in [0.4, 0.5) is 0 Å². The third kappa shape index (κ3) is 2.04. The van der Waals surface area contributed by atoms with Gasteiger partial charge in [-0.2, -0.15) is 0 Å². The number of furan rings is 1. The molecule has 3 nitrogen and oxygen atoms in total. The molecule has 0 fully saturated rings. The molecule has 0 amide bonds. The van der Waals surface area contributed by atoms with Crippen LogP contribution in [0, 0.1) is 11.3 Å². The molecule has 1 heterocycles. The van der Waals surface area contributed by atoms with E-state index in [0.29, 0.717) is 0 Å². The molecule has 0 saturated heterocycles. The van der Waals surface area contributed by atoms with Gasteiger partial charge in [0.05, 0.1) is 18.8 Å². The quantitative estimate of drug-likeness (QED) is 0.877. The minimum Gasteiger partial charge on any atom is -0.468 e. The second-order valence-electron chi connectivity index (χ2n) is 5.71. The van der Waals surface area contributed by atoms with Gasteiger partial charge in [0, 0.05) is 5.41 Å². The first-order valence-corrected chi connectivity index (χ1v) is 6.19. The van der Waals surface area contributed by atoms with E-state index in [1.54, 1.807) is 20.1 Å². The summed E-state index contributed by atoms with van der Waals surface area (Å²) >= 11 is 0. The third-order valence-corrected chi connectivity index (χ3v) is 3.85. The lowest BCUT2D eigenvalue weighted by atomic mass is 9.71. The van der Waals surface area contributed by atoms with E-state index >= 15 is 0 Å². The van der Waals surface area contributed by atoms with E-state index in [2.05, 4.69) is 6.92 Å². The number of carbonyl (C=O) groups excluding carboxylic acids is 1. The number of hydrogen-bond donors (Lipinski definition) is 1. The highest BCUT2D eigenvalue weighted by Crippen LogP contribution is 2.40. The maximum absolute atomic E-state index is 12.5. The molecule has 1 N–H and O–H groups in total. The Morgan fingerprint density at radius 2 is 2.29 bits per heavy atom. The van der Waals surface area contributed by atoms with Crippen molar-refractivity contribution in [2.24, 2.45) is 11.3 Å². The number of rotatable bonds is 3. The summed E-state index contributed by atoms with van der Waals surface area (Å²) in [5, 5.41) is 9.33. The highest BCUT2D eigenvalue weighted by molar-refractivity contribution is 5.90. The van der Waals surface area contributed by atoms with Gasteiger partial charge in [-0.05, 0) is 30.4 Å². The Balaban J connectivity index is 2.36. The number of aryl methyl sites for hydroxylation is 1. The summed E-state index contributed by atoms with van der Waals surface area (Å²) in [7, 11) is 0. The van der Waals surface area contributed by atoms with E-state index in [1.807, 2.05) is 6.07 Å². The van der Waals surface area contributed by atoms with Crippen molar-refractivity contribution in [2.45, 2.75) is 39.5 Å². The molecule has 0 spiro atoms. The van der Waals surface area contributed by atoms with Crippen molar-refractivity contribution < 1.29 is 14.3 Å². The molecule has 1 aromatic heterocycles. The second-order valence-corrected chi connectivity index (χ2v) is 5.71. The molecule has 0 aliphatic heterocycles. The van der Waals surface area contributed by atoms with Gasteiger partial charge in [-0.15, -0.1) is 0 Å². The summed E-state index contributed by atoms with van der Waals surface area (Å²) in [5.41, 5.74) is 0.454. The predicted molar refractivity (Wildman–Crippen MR) is 64.8 cm³/mol. The molecule has 0 aromatic carbocycles. The normalized spacial score (nSPS) is 24.5. The van der Waals surface area contributed by atoms with Gasteiger partial charge < -0.3 is 9.52 Å². The first-order chi connectivity index (χ1) is 7.97. The summed E-state index contributed by atoms with van der Waals surface area (Å²) < 4.78 is 5.50. The van der Waals surface area contributed by atoms with Crippen molar-refractivity contribution in [3.63, 3.8) is 0 Å². The highest BCUT2D eigenvalue weighted by atomic mass is 16.3. The van der Waals surface area contributed by atoms with Crippen molar-refractivity contribution in [3.8, 4) is 0 Å². The van der Waals surface area contributed by atoms with E-state index in [-0.39, 0.29) is 24.2 Å². The van der Waals surface area contributed by atoms with Crippen LogP contribution in [0.5, 0.6) is 0 Å². The monoisotopic (exact) mass is 236 g/mol.